The van der Waals surface area contributed by atoms with E-state index in [2.05, 4.69) is 0 Å². The number of thioether (sulfide) groups is 1. The molecule has 8 heteroatoms. The van der Waals surface area contributed by atoms with Crippen LogP contribution in [0, 0.1) is 26.6 Å². The van der Waals surface area contributed by atoms with Gasteiger partial charge in [0.1, 0.15) is 5.82 Å². The molecule has 0 aromatic heterocycles. The Morgan fingerprint density at radius 3 is 2.29 bits per heavy atom. The second kappa shape index (κ2) is 8.22. The summed E-state index contributed by atoms with van der Waals surface area (Å²) in [6, 6.07) is 9.56. The van der Waals surface area contributed by atoms with Crippen molar-refractivity contribution < 1.29 is 17.6 Å². The van der Waals surface area contributed by atoms with Crippen molar-refractivity contribution in [3.8, 4) is 0 Å². The maximum absolute atomic E-state index is 13.6. The molecule has 2 aromatic carbocycles. The average Bonchev–Trinajstić information content (AvgIpc) is 3.09. The summed E-state index contributed by atoms with van der Waals surface area (Å²) in [6.07, 6.45) is 1.11. The van der Waals surface area contributed by atoms with Gasteiger partial charge in [0.2, 0.25) is 10.0 Å². The van der Waals surface area contributed by atoms with E-state index in [0.717, 1.165) is 22.4 Å². The minimum absolute atomic E-state index is 0.189. The number of amides is 1. The van der Waals surface area contributed by atoms with Crippen LogP contribution in [0.3, 0.4) is 0 Å². The Labute approximate surface area is 187 Å². The van der Waals surface area contributed by atoms with Crippen LogP contribution < -0.4 is 0 Å². The largest absolute Gasteiger partial charge is 0.323 e. The maximum Gasteiger partial charge on any atom is 0.255 e. The van der Waals surface area contributed by atoms with E-state index >= 15 is 0 Å². The molecule has 0 saturated carbocycles. The highest BCUT2D eigenvalue weighted by molar-refractivity contribution is 8.00. The molecule has 0 bridgehead atoms. The molecule has 2 heterocycles. The number of benzene rings is 2. The summed E-state index contributed by atoms with van der Waals surface area (Å²) in [7, 11) is -3.61. The molecule has 0 atom stereocenters. The zero-order valence-electron chi connectivity index (χ0n) is 18.0. The van der Waals surface area contributed by atoms with Crippen LogP contribution >= 0.6 is 11.8 Å². The predicted molar refractivity (Wildman–Crippen MR) is 121 cm³/mol. The number of hydrogen-bond donors (Lipinski definition) is 0. The Bertz CT molecular complexity index is 1100. The molecule has 1 amide bonds. The van der Waals surface area contributed by atoms with Gasteiger partial charge >= 0.3 is 0 Å². The van der Waals surface area contributed by atoms with Gasteiger partial charge in [-0.15, -0.1) is 11.8 Å². The number of sulfonamides is 1. The molecule has 0 unspecified atom stereocenters. The normalized spacial score (nSPS) is 19.2. The first-order valence-corrected chi connectivity index (χ1v) is 12.9. The van der Waals surface area contributed by atoms with E-state index in [0.29, 0.717) is 42.9 Å². The van der Waals surface area contributed by atoms with Crippen molar-refractivity contribution in [3.05, 3.63) is 64.5 Å². The van der Waals surface area contributed by atoms with Crippen LogP contribution in [0.25, 0.3) is 0 Å². The van der Waals surface area contributed by atoms with Crippen molar-refractivity contribution >= 4 is 27.7 Å². The lowest BCUT2D eigenvalue weighted by Gasteiger charge is -2.43. The molecular formula is C23H27FN2O3S2. The molecule has 0 N–H and O–H groups in total. The minimum Gasteiger partial charge on any atom is -0.323 e. The van der Waals surface area contributed by atoms with Gasteiger partial charge in [0.15, 0.2) is 0 Å². The number of rotatable bonds is 3. The van der Waals surface area contributed by atoms with Crippen LogP contribution in [0.1, 0.15) is 39.9 Å². The topological polar surface area (TPSA) is 57.7 Å². The van der Waals surface area contributed by atoms with E-state index in [9.17, 15) is 17.6 Å². The number of carbonyl (C=O) groups excluding carboxylic acids is 1. The van der Waals surface area contributed by atoms with Crippen molar-refractivity contribution in [2.45, 2.75) is 43.4 Å². The van der Waals surface area contributed by atoms with E-state index in [4.69, 9.17) is 0 Å². The molecule has 2 fully saturated rings. The molecule has 166 valence electrons. The smallest absolute Gasteiger partial charge is 0.255 e. The Hall–Kier alpha value is -1.90. The van der Waals surface area contributed by atoms with Crippen molar-refractivity contribution in [1.29, 1.82) is 0 Å². The number of halogens is 1. The minimum atomic E-state index is -3.61. The molecule has 2 aliphatic rings. The van der Waals surface area contributed by atoms with Gasteiger partial charge in [0, 0.05) is 31.0 Å². The maximum atomic E-state index is 13.6. The highest BCUT2D eigenvalue weighted by Crippen LogP contribution is 2.45. The molecule has 0 aliphatic carbocycles. The van der Waals surface area contributed by atoms with E-state index in [1.165, 1.54) is 12.1 Å². The first-order chi connectivity index (χ1) is 14.6. The van der Waals surface area contributed by atoms with Gasteiger partial charge < -0.3 is 4.90 Å². The zero-order chi connectivity index (χ0) is 22.4. The summed E-state index contributed by atoms with van der Waals surface area (Å²) in [5.41, 5.74) is 2.90. The number of piperidine rings is 1. The lowest BCUT2D eigenvalue weighted by molar-refractivity contribution is 0.0604. The van der Waals surface area contributed by atoms with E-state index in [1.54, 1.807) is 28.2 Å². The number of nitrogens with zero attached hydrogens (tertiary/aromatic N) is 2. The van der Waals surface area contributed by atoms with Gasteiger partial charge in [-0.05, 0) is 62.9 Å². The number of aryl methyl sites for hydroxylation is 3. The van der Waals surface area contributed by atoms with E-state index in [1.807, 2.05) is 37.8 Å². The van der Waals surface area contributed by atoms with Crippen molar-refractivity contribution in [2.75, 3.05) is 25.4 Å². The Balaban J connectivity index is 1.55. The number of carbonyl (C=O) groups is 1. The molecule has 5 nitrogen and oxygen atoms in total. The SMILES string of the molecule is Cc1cc(C)c(S(=O)(=O)N2CCC3(CC2)SCCN3C(=O)c2cccc(F)c2)c(C)c1. The lowest BCUT2D eigenvalue weighted by Crippen LogP contribution is -2.53. The fourth-order valence-corrected chi connectivity index (χ4v) is 8.17. The molecule has 1 spiro atoms. The van der Waals surface area contributed by atoms with Crippen molar-refractivity contribution in [2.24, 2.45) is 0 Å². The fraction of sp³-hybridized carbons (Fsp3) is 0.435. The molecule has 2 aliphatic heterocycles. The first kappa shape index (κ1) is 22.3. The van der Waals surface area contributed by atoms with Gasteiger partial charge in [-0.1, -0.05) is 23.8 Å². The summed E-state index contributed by atoms with van der Waals surface area (Å²) >= 11 is 1.71. The Kier molecular flexibility index (Phi) is 5.91. The van der Waals surface area contributed by atoms with Gasteiger partial charge in [0.05, 0.1) is 9.77 Å². The molecule has 31 heavy (non-hydrogen) atoms. The third-order valence-corrected chi connectivity index (χ3v) is 9.96. The van der Waals surface area contributed by atoms with Gasteiger partial charge in [-0.3, -0.25) is 4.79 Å². The average molecular weight is 463 g/mol. The molecule has 2 aromatic rings. The molecule has 0 radical (unpaired) electrons. The highest BCUT2D eigenvalue weighted by Gasteiger charge is 2.48. The summed E-state index contributed by atoms with van der Waals surface area (Å²) in [5.74, 6) is 0.173. The monoisotopic (exact) mass is 462 g/mol. The second-order valence-corrected chi connectivity index (χ2v) is 11.7. The van der Waals surface area contributed by atoms with Crippen LogP contribution in [-0.2, 0) is 10.0 Å². The van der Waals surface area contributed by atoms with Gasteiger partial charge in [0.25, 0.3) is 5.91 Å². The van der Waals surface area contributed by atoms with Gasteiger partial charge in [-0.2, -0.15) is 4.31 Å². The molecular weight excluding hydrogens is 435 g/mol. The molecule has 2 saturated heterocycles. The Morgan fingerprint density at radius 2 is 1.68 bits per heavy atom. The van der Waals surface area contributed by atoms with E-state index < -0.39 is 20.7 Å². The third-order valence-electron chi connectivity index (χ3n) is 6.20. The third kappa shape index (κ3) is 4.01. The summed E-state index contributed by atoms with van der Waals surface area (Å²) in [5, 5.41) is 0. The summed E-state index contributed by atoms with van der Waals surface area (Å²) in [4.78, 5) is 14.9. The second-order valence-electron chi connectivity index (χ2n) is 8.39. The first-order valence-electron chi connectivity index (χ1n) is 10.4. The van der Waals surface area contributed by atoms with Crippen LogP contribution in [-0.4, -0.2) is 53.8 Å². The van der Waals surface area contributed by atoms with Crippen LogP contribution in [0.15, 0.2) is 41.3 Å². The van der Waals surface area contributed by atoms with E-state index in [-0.39, 0.29) is 5.91 Å². The Morgan fingerprint density at radius 1 is 1.03 bits per heavy atom. The number of hydrogen-bond acceptors (Lipinski definition) is 4. The van der Waals surface area contributed by atoms with Crippen molar-refractivity contribution in [3.63, 3.8) is 0 Å². The summed E-state index contributed by atoms with van der Waals surface area (Å²) in [6.45, 7) is 6.94. The molecule has 4 rings (SSSR count). The van der Waals surface area contributed by atoms with Gasteiger partial charge in [-0.25, -0.2) is 12.8 Å². The zero-order valence-corrected chi connectivity index (χ0v) is 19.7. The highest BCUT2D eigenvalue weighted by atomic mass is 32.2. The van der Waals surface area contributed by atoms with Crippen LogP contribution in [0.5, 0.6) is 0 Å². The van der Waals surface area contributed by atoms with Crippen LogP contribution in [0.2, 0.25) is 0 Å². The van der Waals surface area contributed by atoms with Crippen LogP contribution in [0.4, 0.5) is 4.39 Å². The predicted octanol–water partition coefficient (Wildman–Crippen LogP) is 4.12. The quantitative estimate of drug-likeness (QED) is 0.689. The standard InChI is InChI=1S/C23H27FN2O3S2/c1-16-13-17(2)21(18(3)14-16)31(28,29)25-9-7-23(8-10-25)26(11-12-30-23)22(27)19-5-4-6-20(24)15-19/h4-6,13-15H,7-12H2,1-3H3. The fourth-order valence-electron chi connectivity index (χ4n) is 4.87. The summed E-state index contributed by atoms with van der Waals surface area (Å²) < 4.78 is 42.0. The lowest BCUT2D eigenvalue weighted by atomic mass is 10.0. The van der Waals surface area contributed by atoms with Crippen molar-refractivity contribution in [1.82, 2.24) is 9.21 Å².